The number of rotatable bonds is 5. The fourth-order valence-electron chi connectivity index (χ4n) is 2.64. The van der Waals surface area contributed by atoms with Crippen molar-refractivity contribution in [2.24, 2.45) is 0 Å². The van der Waals surface area contributed by atoms with Crippen molar-refractivity contribution in [2.45, 2.75) is 37.9 Å². The monoisotopic (exact) mass is 342 g/mol. The lowest BCUT2D eigenvalue weighted by Gasteiger charge is -2.26. The highest BCUT2D eigenvalue weighted by Gasteiger charge is 2.23. The smallest absolute Gasteiger partial charge is 0.352 e. The first kappa shape index (κ1) is 16.0. The molecule has 0 saturated carbocycles. The molecule has 0 radical (unpaired) electrons. The number of halogens is 2. The van der Waals surface area contributed by atoms with Gasteiger partial charge in [0.2, 0.25) is 0 Å². The lowest BCUT2D eigenvalue weighted by molar-refractivity contribution is 0.0675. The van der Waals surface area contributed by atoms with Crippen LogP contribution in [0, 0.1) is 6.92 Å². The molecule has 9 heteroatoms. The van der Waals surface area contributed by atoms with Gasteiger partial charge in [0.15, 0.2) is 0 Å². The first-order valence-electron chi connectivity index (χ1n) is 7.11. The molecule has 0 aromatic carbocycles. The molecule has 1 N–H and O–H groups in total. The number of aromatic carboxylic acids is 1. The Kier molecular flexibility index (Phi) is 4.40. The maximum absolute atomic E-state index is 12.7. The van der Waals surface area contributed by atoms with Crippen molar-refractivity contribution in [1.29, 1.82) is 0 Å². The van der Waals surface area contributed by atoms with Crippen LogP contribution in [0.15, 0.2) is 23.2 Å². The van der Waals surface area contributed by atoms with Crippen LogP contribution in [-0.4, -0.2) is 42.7 Å². The van der Waals surface area contributed by atoms with Crippen molar-refractivity contribution in [3.05, 3.63) is 35.4 Å². The van der Waals surface area contributed by atoms with Gasteiger partial charge in [-0.15, -0.1) is 0 Å². The van der Waals surface area contributed by atoms with Gasteiger partial charge in [-0.3, -0.25) is 4.68 Å². The van der Waals surface area contributed by atoms with Crippen molar-refractivity contribution < 1.29 is 18.7 Å². The average molecular weight is 342 g/mol. The molecule has 6 nitrogen and oxygen atoms in total. The molecular formula is C14H16F2N4O2S. The minimum absolute atomic E-state index is 0.104. The van der Waals surface area contributed by atoms with E-state index in [-0.39, 0.29) is 5.69 Å². The predicted molar refractivity (Wildman–Crippen MR) is 80.6 cm³/mol. The summed E-state index contributed by atoms with van der Waals surface area (Å²) in [6, 6.07) is 3.40. The molecule has 2 aromatic rings. The van der Waals surface area contributed by atoms with E-state index < -0.39 is 18.9 Å². The Labute approximate surface area is 135 Å². The molecule has 0 bridgehead atoms. The number of nitrogens with zero attached hydrogens (tertiary/aromatic N) is 4. The van der Waals surface area contributed by atoms with Crippen molar-refractivity contribution >= 4 is 17.9 Å². The Morgan fingerprint density at radius 3 is 2.96 bits per heavy atom. The lowest BCUT2D eigenvalue weighted by atomic mass is 10.3. The normalized spacial score (nSPS) is 15.1. The zero-order valence-corrected chi connectivity index (χ0v) is 13.3. The third kappa shape index (κ3) is 3.25. The average Bonchev–Trinajstić information content (AvgIpc) is 3.06. The Morgan fingerprint density at radius 1 is 1.48 bits per heavy atom. The van der Waals surface area contributed by atoms with Gasteiger partial charge >= 0.3 is 5.97 Å². The molecule has 0 atom stereocenters. The Bertz CT molecular complexity index is 728. The summed E-state index contributed by atoms with van der Waals surface area (Å²) in [6.45, 7) is 3.23. The van der Waals surface area contributed by atoms with Crippen LogP contribution in [0.1, 0.15) is 21.9 Å². The highest BCUT2D eigenvalue weighted by atomic mass is 32.2. The number of hydrogen-bond acceptors (Lipinski definition) is 4. The van der Waals surface area contributed by atoms with E-state index in [1.54, 1.807) is 13.1 Å². The molecule has 0 fully saturated rings. The molecule has 0 unspecified atom stereocenters. The number of alkyl halides is 2. The summed E-state index contributed by atoms with van der Waals surface area (Å²) in [7, 11) is 0. The number of carboxylic acid groups (broad SMARTS) is 1. The topological polar surface area (TPSA) is 63.3 Å². The van der Waals surface area contributed by atoms with Gasteiger partial charge in [0.25, 0.3) is 6.43 Å². The zero-order chi connectivity index (χ0) is 16.6. The molecule has 0 saturated heterocycles. The summed E-state index contributed by atoms with van der Waals surface area (Å²) in [5.41, 5.74) is 1.52. The van der Waals surface area contributed by atoms with Gasteiger partial charge in [-0.1, -0.05) is 0 Å². The minimum atomic E-state index is -2.60. The molecule has 1 aliphatic rings. The van der Waals surface area contributed by atoms with Crippen molar-refractivity contribution in [2.75, 3.05) is 6.54 Å². The van der Waals surface area contributed by atoms with E-state index >= 15 is 0 Å². The summed E-state index contributed by atoms with van der Waals surface area (Å²) < 4.78 is 30.6. The quantitative estimate of drug-likeness (QED) is 0.846. The third-order valence-corrected chi connectivity index (χ3v) is 4.97. The number of aromatic nitrogens is 3. The Morgan fingerprint density at radius 2 is 2.26 bits per heavy atom. The van der Waals surface area contributed by atoms with Crippen molar-refractivity contribution in [3.63, 3.8) is 0 Å². The SMILES string of the molecule is Cc1c(SN2CCn3nccc3C2)cc(C(=O)O)n1CC(F)F. The zero-order valence-electron chi connectivity index (χ0n) is 12.4. The number of hydrogen-bond donors (Lipinski definition) is 1. The van der Waals surface area contributed by atoms with Gasteiger partial charge in [0.05, 0.1) is 25.3 Å². The second-order valence-electron chi connectivity index (χ2n) is 5.29. The lowest BCUT2D eigenvalue weighted by Crippen LogP contribution is -2.28. The summed E-state index contributed by atoms with van der Waals surface area (Å²) in [5, 5.41) is 13.4. The summed E-state index contributed by atoms with van der Waals surface area (Å²) in [5.74, 6) is -1.20. The van der Waals surface area contributed by atoms with E-state index in [4.69, 9.17) is 0 Å². The maximum Gasteiger partial charge on any atom is 0.352 e. The van der Waals surface area contributed by atoms with Gasteiger partial charge in [-0.25, -0.2) is 17.9 Å². The van der Waals surface area contributed by atoms with E-state index in [1.807, 2.05) is 10.7 Å². The van der Waals surface area contributed by atoms with Crippen LogP contribution in [0.4, 0.5) is 8.78 Å². The molecule has 1 aliphatic heterocycles. The number of carboxylic acids is 1. The molecule has 124 valence electrons. The van der Waals surface area contributed by atoms with Gasteiger partial charge in [-0.2, -0.15) is 5.10 Å². The number of carbonyl (C=O) groups is 1. The molecular weight excluding hydrogens is 326 g/mol. The summed E-state index contributed by atoms with van der Waals surface area (Å²) >= 11 is 1.40. The van der Waals surface area contributed by atoms with Crippen molar-refractivity contribution in [3.8, 4) is 0 Å². The number of fused-ring (bicyclic) bond motifs is 1. The fourth-order valence-corrected chi connectivity index (χ4v) is 3.70. The molecule has 23 heavy (non-hydrogen) atoms. The van der Waals surface area contributed by atoms with Gasteiger partial charge in [0, 0.05) is 23.3 Å². The van der Waals surface area contributed by atoms with Gasteiger partial charge < -0.3 is 9.67 Å². The van der Waals surface area contributed by atoms with Crippen LogP contribution >= 0.6 is 11.9 Å². The molecule has 0 amide bonds. The van der Waals surface area contributed by atoms with Crippen LogP contribution in [0.25, 0.3) is 0 Å². The highest BCUT2D eigenvalue weighted by Crippen LogP contribution is 2.32. The minimum Gasteiger partial charge on any atom is -0.477 e. The third-order valence-electron chi connectivity index (χ3n) is 3.79. The Balaban J connectivity index is 1.82. The molecule has 3 heterocycles. The van der Waals surface area contributed by atoms with E-state index in [2.05, 4.69) is 9.40 Å². The second kappa shape index (κ2) is 6.32. The fraction of sp³-hybridized carbons (Fsp3) is 0.429. The molecule has 2 aromatic heterocycles. The predicted octanol–water partition coefficient (Wildman–Crippen LogP) is 2.48. The molecule has 0 aliphatic carbocycles. The maximum atomic E-state index is 12.7. The second-order valence-corrected chi connectivity index (χ2v) is 6.43. The molecule has 3 rings (SSSR count). The first-order valence-corrected chi connectivity index (χ1v) is 7.88. The van der Waals surface area contributed by atoms with Crippen molar-refractivity contribution in [1.82, 2.24) is 18.7 Å². The van der Waals surface area contributed by atoms with Crippen LogP contribution in [-0.2, 0) is 19.6 Å². The van der Waals surface area contributed by atoms with Crippen LogP contribution in [0.5, 0.6) is 0 Å². The Hall–Kier alpha value is -1.87. The van der Waals surface area contributed by atoms with Crippen LogP contribution < -0.4 is 0 Å². The van der Waals surface area contributed by atoms with E-state index in [0.717, 1.165) is 18.8 Å². The van der Waals surface area contributed by atoms with E-state index in [0.29, 0.717) is 17.1 Å². The van der Waals surface area contributed by atoms with Gasteiger partial charge in [0.1, 0.15) is 5.69 Å². The van der Waals surface area contributed by atoms with Crippen LogP contribution in [0.3, 0.4) is 0 Å². The van der Waals surface area contributed by atoms with E-state index in [1.165, 1.54) is 22.6 Å². The summed E-state index contributed by atoms with van der Waals surface area (Å²) in [4.78, 5) is 12.0. The van der Waals surface area contributed by atoms with Gasteiger partial charge in [-0.05, 0) is 31.0 Å². The standard InChI is InChI=1S/C14H16F2N4O2S/c1-9-12(6-11(14(21)22)19(9)8-13(15)16)23-18-4-5-20-10(7-18)2-3-17-20/h2-3,6,13H,4-5,7-8H2,1H3,(H,21,22). The summed E-state index contributed by atoms with van der Waals surface area (Å²) in [6.07, 6.45) is -0.850. The first-order chi connectivity index (χ1) is 11.0. The highest BCUT2D eigenvalue weighted by molar-refractivity contribution is 7.97. The van der Waals surface area contributed by atoms with Crippen LogP contribution in [0.2, 0.25) is 0 Å². The molecule has 0 spiro atoms. The van der Waals surface area contributed by atoms with E-state index in [9.17, 15) is 18.7 Å². The largest absolute Gasteiger partial charge is 0.477 e.